The Morgan fingerprint density at radius 2 is 0.719 bits per heavy atom. The molecule has 0 aromatic carbocycles. The summed E-state index contributed by atoms with van der Waals surface area (Å²) in [5.74, 6) is 5.07. The van der Waals surface area contributed by atoms with Gasteiger partial charge in [-0.1, -0.05) is 145 Å². The molecule has 0 saturated carbocycles. The highest BCUT2D eigenvalue weighted by molar-refractivity contribution is 4.64. The molecule has 5 unspecified atom stereocenters. The molecule has 0 aromatic heterocycles. The molecule has 0 bridgehead atoms. The molecular weight excluding hydrogens is 392 g/mol. The van der Waals surface area contributed by atoms with Gasteiger partial charge in [0, 0.05) is 5.92 Å². The fraction of sp³-hybridized carbons (Fsp3) is 1.00. The Morgan fingerprint density at radius 1 is 0.406 bits per heavy atom. The van der Waals surface area contributed by atoms with Gasteiger partial charge in [-0.2, -0.15) is 9.78 Å². The van der Waals surface area contributed by atoms with Crippen LogP contribution in [0.2, 0.25) is 0 Å². The van der Waals surface area contributed by atoms with Crippen LogP contribution in [-0.2, 0) is 9.78 Å². The minimum atomic E-state index is 0.0993. The zero-order valence-electron chi connectivity index (χ0n) is 23.2. The van der Waals surface area contributed by atoms with E-state index in [1.54, 1.807) is 0 Å². The summed E-state index contributed by atoms with van der Waals surface area (Å²) in [6.07, 6.45) is 22.6. The molecule has 32 heavy (non-hydrogen) atoms. The number of hydrogen-bond acceptors (Lipinski definition) is 2. The second-order valence-corrected chi connectivity index (χ2v) is 12.4. The lowest BCUT2D eigenvalue weighted by molar-refractivity contribution is 0.0850. The third kappa shape index (κ3) is 17.4. The van der Waals surface area contributed by atoms with E-state index in [0.717, 1.165) is 29.6 Å². The molecule has 1 heterocycles. The predicted octanol–water partition coefficient (Wildman–Crippen LogP) is 10.4. The van der Waals surface area contributed by atoms with Gasteiger partial charge < -0.3 is 0 Å². The first-order valence-corrected chi connectivity index (χ1v) is 14.6. The van der Waals surface area contributed by atoms with E-state index in [1.807, 2.05) is 0 Å². The van der Waals surface area contributed by atoms with Gasteiger partial charge in [0.05, 0.1) is 0 Å². The fourth-order valence-corrected chi connectivity index (χ4v) is 5.21. The highest BCUT2D eigenvalue weighted by Gasteiger charge is 2.32. The molecule has 0 aliphatic carbocycles. The minimum absolute atomic E-state index is 0.0993. The van der Waals surface area contributed by atoms with Crippen molar-refractivity contribution in [1.29, 1.82) is 0 Å². The summed E-state index contributed by atoms with van der Waals surface area (Å²) in [6, 6.07) is 0. The summed E-state index contributed by atoms with van der Waals surface area (Å²) >= 11 is 0. The van der Waals surface area contributed by atoms with E-state index in [4.69, 9.17) is 9.78 Å². The molecule has 2 nitrogen and oxygen atoms in total. The topological polar surface area (TPSA) is 25.1 Å². The number of rotatable bonds is 22. The Labute approximate surface area is 202 Å². The molecule has 0 radical (unpaired) electrons. The summed E-state index contributed by atoms with van der Waals surface area (Å²) in [5, 5.41) is 0. The van der Waals surface area contributed by atoms with Gasteiger partial charge >= 0.3 is 0 Å². The van der Waals surface area contributed by atoms with Gasteiger partial charge in [0.15, 0.2) is 0 Å². The third-order valence-corrected chi connectivity index (χ3v) is 7.94. The highest BCUT2D eigenvalue weighted by atomic mass is 17.4. The molecule has 1 aliphatic heterocycles. The van der Waals surface area contributed by atoms with Gasteiger partial charge in [-0.25, -0.2) is 0 Å². The average molecular weight is 453 g/mol. The van der Waals surface area contributed by atoms with Crippen LogP contribution in [0.25, 0.3) is 0 Å². The summed E-state index contributed by atoms with van der Waals surface area (Å²) in [5.41, 5.74) is 0. The molecule has 5 atom stereocenters. The van der Waals surface area contributed by atoms with E-state index >= 15 is 0 Å². The zero-order chi connectivity index (χ0) is 23.8. The second-order valence-electron chi connectivity index (χ2n) is 12.4. The lowest BCUT2D eigenvalue weighted by Crippen LogP contribution is -2.04. The highest BCUT2D eigenvalue weighted by Crippen LogP contribution is 2.28. The summed E-state index contributed by atoms with van der Waals surface area (Å²) in [4.78, 5) is 9.83. The smallest absolute Gasteiger partial charge is 0.198 e. The van der Waals surface area contributed by atoms with Crippen LogP contribution in [0.1, 0.15) is 151 Å². The Balaban J connectivity index is 1.89. The SMILES string of the molecule is CC(C)CCCC(C)CCCC(C)CCCCC(C)CCCC(C)CCCC(C)C1OO1. The minimum Gasteiger partial charge on any atom is -0.198 e. The van der Waals surface area contributed by atoms with Gasteiger partial charge in [0.1, 0.15) is 0 Å². The molecule has 1 saturated heterocycles. The number of unbranched alkanes of at least 4 members (excludes halogenated alkanes) is 1. The van der Waals surface area contributed by atoms with Crippen LogP contribution in [0.15, 0.2) is 0 Å². The summed E-state index contributed by atoms with van der Waals surface area (Å²) in [7, 11) is 0. The Bertz CT molecular complexity index is 417. The van der Waals surface area contributed by atoms with Crippen molar-refractivity contribution in [3.05, 3.63) is 0 Å². The predicted molar refractivity (Wildman–Crippen MR) is 140 cm³/mol. The zero-order valence-corrected chi connectivity index (χ0v) is 23.2. The van der Waals surface area contributed by atoms with E-state index in [9.17, 15) is 0 Å². The van der Waals surface area contributed by atoms with Crippen LogP contribution in [0.3, 0.4) is 0 Å². The molecule has 1 aliphatic rings. The monoisotopic (exact) mass is 452 g/mol. The van der Waals surface area contributed by atoms with E-state index in [2.05, 4.69) is 48.5 Å². The van der Waals surface area contributed by atoms with Crippen molar-refractivity contribution in [1.82, 2.24) is 0 Å². The molecule has 0 aromatic rings. The maximum Gasteiger partial charge on any atom is 0.227 e. The average Bonchev–Trinajstić information content (AvgIpc) is 3.56. The van der Waals surface area contributed by atoms with Crippen molar-refractivity contribution < 1.29 is 9.78 Å². The van der Waals surface area contributed by atoms with Crippen LogP contribution in [0, 0.1) is 35.5 Å². The lowest BCUT2D eigenvalue weighted by atomic mass is 9.90. The van der Waals surface area contributed by atoms with Crippen molar-refractivity contribution in [3.8, 4) is 0 Å². The third-order valence-electron chi connectivity index (χ3n) is 7.94. The van der Waals surface area contributed by atoms with E-state index in [-0.39, 0.29) is 6.29 Å². The summed E-state index contributed by atoms with van der Waals surface area (Å²) in [6.45, 7) is 16.8. The van der Waals surface area contributed by atoms with Gasteiger partial charge in [-0.3, -0.25) is 0 Å². The van der Waals surface area contributed by atoms with E-state index in [0.29, 0.717) is 5.92 Å². The van der Waals surface area contributed by atoms with E-state index < -0.39 is 0 Å². The second kappa shape index (κ2) is 18.3. The maximum absolute atomic E-state index is 4.92. The molecule has 2 heteroatoms. The van der Waals surface area contributed by atoms with Crippen LogP contribution in [0.5, 0.6) is 0 Å². The van der Waals surface area contributed by atoms with Crippen LogP contribution in [0.4, 0.5) is 0 Å². The standard InChI is InChI=1S/C30H60O2/c1-24(2)14-10-17-27(5)20-11-18-25(3)15-8-9-16-26(4)19-12-21-28(6)22-13-23-29(7)30-31-32-30/h24-30H,8-23H2,1-7H3. The van der Waals surface area contributed by atoms with Crippen molar-refractivity contribution in [2.24, 2.45) is 35.5 Å². The van der Waals surface area contributed by atoms with Gasteiger partial charge in [0.25, 0.3) is 0 Å². The van der Waals surface area contributed by atoms with Crippen molar-refractivity contribution in [3.63, 3.8) is 0 Å². The Kier molecular flexibility index (Phi) is 17.1. The normalized spacial score (nSPS) is 19.1. The largest absolute Gasteiger partial charge is 0.227 e. The van der Waals surface area contributed by atoms with Crippen LogP contribution < -0.4 is 0 Å². The molecule has 0 amide bonds. The molecule has 0 spiro atoms. The summed E-state index contributed by atoms with van der Waals surface area (Å²) < 4.78 is 0. The van der Waals surface area contributed by atoms with Crippen molar-refractivity contribution in [2.45, 2.75) is 157 Å². The van der Waals surface area contributed by atoms with E-state index in [1.165, 1.54) is 103 Å². The van der Waals surface area contributed by atoms with Gasteiger partial charge in [-0.05, 0) is 36.0 Å². The molecular formula is C30H60O2. The van der Waals surface area contributed by atoms with Crippen LogP contribution >= 0.6 is 0 Å². The Morgan fingerprint density at radius 3 is 1.06 bits per heavy atom. The van der Waals surface area contributed by atoms with Gasteiger partial charge in [0.2, 0.25) is 6.29 Å². The molecule has 192 valence electrons. The molecule has 1 rings (SSSR count). The first-order chi connectivity index (χ1) is 15.3. The quantitative estimate of drug-likeness (QED) is 0.0926. The van der Waals surface area contributed by atoms with Crippen molar-refractivity contribution >= 4 is 0 Å². The van der Waals surface area contributed by atoms with Crippen molar-refractivity contribution in [2.75, 3.05) is 0 Å². The van der Waals surface area contributed by atoms with Gasteiger partial charge in [-0.15, -0.1) is 0 Å². The molecule has 1 fully saturated rings. The first kappa shape index (κ1) is 30.0. The fourth-order valence-electron chi connectivity index (χ4n) is 5.21. The first-order valence-electron chi connectivity index (χ1n) is 14.6. The maximum atomic E-state index is 4.92. The Hall–Kier alpha value is -0.0800. The van der Waals surface area contributed by atoms with Crippen LogP contribution in [-0.4, -0.2) is 6.29 Å². The lowest BCUT2D eigenvalue weighted by Gasteiger charge is -2.16. The number of hydrogen-bond donors (Lipinski definition) is 0. The molecule has 0 N–H and O–H groups in total.